The summed E-state index contributed by atoms with van der Waals surface area (Å²) >= 11 is 0. The number of carbonyl (C=O) groups is 1. The Morgan fingerprint density at radius 2 is 1.71 bits per heavy atom. The minimum absolute atomic E-state index is 0.0539. The van der Waals surface area contributed by atoms with Gasteiger partial charge >= 0.3 is 0 Å². The molecule has 7 nitrogen and oxygen atoms in total. The molecule has 1 amide bonds. The van der Waals surface area contributed by atoms with Gasteiger partial charge in [0, 0.05) is 19.0 Å². The molecule has 5 rings (SSSR count). The highest BCUT2D eigenvalue weighted by atomic mass is 32.2. The van der Waals surface area contributed by atoms with Crippen molar-refractivity contribution >= 4 is 16.1 Å². The Bertz CT molecular complexity index is 1030. The third-order valence-corrected chi connectivity index (χ3v) is 7.26. The van der Waals surface area contributed by atoms with Crippen LogP contribution >= 0.6 is 0 Å². The van der Waals surface area contributed by atoms with Crippen molar-refractivity contribution in [3.8, 4) is 11.1 Å². The molecule has 2 aromatic rings. The molecule has 0 radical (unpaired) electrons. The van der Waals surface area contributed by atoms with Crippen molar-refractivity contribution in [1.29, 1.82) is 0 Å². The number of amides is 1. The Hall–Kier alpha value is -2.26. The number of nitrogens with two attached hydrogens (primary N) is 1. The monoisotopic (exact) mass is 399 g/mol. The summed E-state index contributed by atoms with van der Waals surface area (Å²) in [5.41, 5.74) is 3.41. The van der Waals surface area contributed by atoms with Crippen molar-refractivity contribution in [3.05, 3.63) is 59.7 Å². The van der Waals surface area contributed by atoms with Crippen molar-refractivity contribution < 1.29 is 17.9 Å². The lowest BCUT2D eigenvalue weighted by Gasteiger charge is -2.28. The van der Waals surface area contributed by atoms with Gasteiger partial charge in [-0.15, -0.1) is 0 Å². The molecule has 146 valence electrons. The summed E-state index contributed by atoms with van der Waals surface area (Å²) in [5, 5.41) is 8.50. The lowest BCUT2D eigenvalue weighted by Crippen LogP contribution is -2.48. The van der Waals surface area contributed by atoms with Crippen molar-refractivity contribution in [2.45, 2.75) is 6.04 Å². The summed E-state index contributed by atoms with van der Waals surface area (Å²) in [7, 11) is -3.84. The maximum absolute atomic E-state index is 13.4. The Morgan fingerprint density at radius 3 is 2.32 bits per heavy atom. The Labute approximate surface area is 163 Å². The Balaban J connectivity index is 1.49. The molecule has 1 aliphatic carbocycles. The number of benzene rings is 2. The van der Waals surface area contributed by atoms with Crippen LogP contribution in [0.3, 0.4) is 0 Å². The molecule has 28 heavy (non-hydrogen) atoms. The van der Waals surface area contributed by atoms with E-state index in [2.05, 4.69) is 17.4 Å². The highest BCUT2D eigenvalue weighted by molar-refractivity contribution is 7.86. The summed E-state index contributed by atoms with van der Waals surface area (Å²) in [6.45, 7) is 0.825. The Morgan fingerprint density at radius 1 is 1.11 bits per heavy atom. The first kappa shape index (κ1) is 17.8. The number of ether oxygens (including phenoxy) is 1. The second-order valence-electron chi connectivity index (χ2n) is 7.79. The molecule has 3 N–H and O–H groups in total. The molecule has 0 saturated carbocycles. The van der Waals surface area contributed by atoms with Crippen LogP contribution in [0.1, 0.15) is 17.2 Å². The molecule has 0 aromatic heterocycles. The van der Waals surface area contributed by atoms with E-state index >= 15 is 0 Å². The number of nitrogens with zero attached hydrogens (tertiary/aromatic N) is 1. The average molecular weight is 399 g/mol. The van der Waals surface area contributed by atoms with E-state index < -0.39 is 15.6 Å². The van der Waals surface area contributed by atoms with E-state index in [1.165, 1.54) is 4.31 Å². The fourth-order valence-corrected chi connectivity index (χ4v) is 5.59. The zero-order valence-electron chi connectivity index (χ0n) is 15.2. The van der Waals surface area contributed by atoms with Gasteiger partial charge in [-0.1, -0.05) is 48.5 Å². The second kappa shape index (κ2) is 6.12. The SMILES string of the molecule is NS(=O)(=O)N1C[C@@H]2COC[C@]2(C(=O)NC2c3ccccc3-c3ccccc32)C1. The predicted molar refractivity (Wildman–Crippen MR) is 103 cm³/mol. The summed E-state index contributed by atoms with van der Waals surface area (Å²) in [5.74, 6) is -0.379. The fraction of sp³-hybridized carbons (Fsp3) is 0.350. The number of fused-ring (bicyclic) bond motifs is 4. The normalized spacial score (nSPS) is 26.7. The minimum Gasteiger partial charge on any atom is -0.380 e. The fourth-order valence-electron chi connectivity index (χ4n) is 4.79. The maximum atomic E-state index is 13.4. The van der Waals surface area contributed by atoms with Gasteiger partial charge in [0.25, 0.3) is 10.2 Å². The van der Waals surface area contributed by atoms with Gasteiger partial charge in [0.05, 0.1) is 24.7 Å². The highest BCUT2D eigenvalue weighted by Gasteiger charge is 2.58. The van der Waals surface area contributed by atoms with Gasteiger partial charge in [-0.25, -0.2) is 5.14 Å². The zero-order chi connectivity index (χ0) is 19.5. The van der Waals surface area contributed by atoms with Crippen LogP contribution in [0.25, 0.3) is 11.1 Å². The summed E-state index contributed by atoms with van der Waals surface area (Å²) in [6, 6.07) is 15.8. The highest BCUT2D eigenvalue weighted by Crippen LogP contribution is 2.46. The van der Waals surface area contributed by atoms with Crippen LogP contribution in [0.2, 0.25) is 0 Å². The molecule has 2 heterocycles. The lowest BCUT2D eigenvalue weighted by atomic mass is 9.80. The first-order valence-electron chi connectivity index (χ1n) is 9.25. The Kier molecular flexibility index (Phi) is 3.89. The topological polar surface area (TPSA) is 102 Å². The molecule has 0 bridgehead atoms. The van der Waals surface area contributed by atoms with Crippen LogP contribution in [-0.2, 0) is 19.7 Å². The van der Waals surface area contributed by atoms with E-state index in [1.54, 1.807) is 0 Å². The van der Waals surface area contributed by atoms with Crippen LogP contribution < -0.4 is 10.5 Å². The number of nitrogens with one attached hydrogen (secondary N) is 1. The van der Waals surface area contributed by atoms with E-state index in [9.17, 15) is 13.2 Å². The van der Waals surface area contributed by atoms with Crippen molar-refractivity contribution in [1.82, 2.24) is 9.62 Å². The first-order chi connectivity index (χ1) is 13.4. The molecule has 0 unspecified atom stereocenters. The lowest BCUT2D eigenvalue weighted by molar-refractivity contribution is -0.132. The maximum Gasteiger partial charge on any atom is 0.276 e. The average Bonchev–Trinajstić information content (AvgIpc) is 3.32. The van der Waals surface area contributed by atoms with Crippen LogP contribution in [0.15, 0.2) is 48.5 Å². The van der Waals surface area contributed by atoms with E-state index in [-0.39, 0.29) is 37.6 Å². The standard InChI is InChI=1S/C20H21N3O4S/c21-28(25,26)23-9-13-10-27-12-20(13,11-23)19(24)22-18-16-7-3-1-5-14(16)15-6-2-4-8-17(15)18/h1-8,13,18H,9-12H2,(H,22,24)(H2,21,25,26)/t13-,20-/m1/s1. The third-order valence-electron chi connectivity index (χ3n) is 6.26. The summed E-state index contributed by atoms with van der Waals surface area (Å²) < 4.78 is 30.4. The molecule has 0 spiro atoms. The molecular weight excluding hydrogens is 378 g/mol. The summed E-state index contributed by atoms with van der Waals surface area (Å²) in [4.78, 5) is 13.4. The number of hydrogen-bond acceptors (Lipinski definition) is 4. The molecule has 2 atom stereocenters. The molecule has 3 aliphatic rings. The van der Waals surface area contributed by atoms with E-state index in [0.717, 1.165) is 22.3 Å². The largest absolute Gasteiger partial charge is 0.380 e. The zero-order valence-corrected chi connectivity index (χ0v) is 16.0. The van der Waals surface area contributed by atoms with Crippen LogP contribution in [0.4, 0.5) is 0 Å². The van der Waals surface area contributed by atoms with E-state index in [1.807, 2.05) is 36.4 Å². The summed E-state index contributed by atoms with van der Waals surface area (Å²) in [6.07, 6.45) is 0. The van der Waals surface area contributed by atoms with Gasteiger partial charge in [0.1, 0.15) is 0 Å². The second-order valence-corrected chi connectivity index (χ2v) is 9.33. The van der Waals surface area contributed by atoms with Gasteiger partial charge in [0.2, 0.25) is 5.91 Å². The van der Waals surface area contributed by atoms with E-state index in [4.69, 9.17) is 9.88 Å². The van der Waals surface area contributed by atoms with Gasteiger partial charge in [0.15, 0.2) is 0 Å². The quantitative estimate of drug-likeness (QED) is 0.805. The van der Waals surface area contributed by atoms with Crippen LogP contribution in [-0.4, -0.2) is 44.9 Å². The van der Waals surface area contributed by atoms with Gasteiger partial charge in [-0.3, -0.25) is 4.79 Å². The predicted octanol–water partition coefficient (Wildman–Crippen LogP) is 1.02. The molecule has 2 saturated heterocycles. The van der Waals surface area contributed by atoms with E-state index in [0.29, 0.717) is 6.61 Å². The van der Waals surface area contributed by atoms with Crippen molar-refractivity contribution in [2.75, 3.05) is 26.3 Å². The molecule has 2 aliphatic heterocycles. The van der Waals surface area contributed by atoms with Crippen LogP contribution in [0.5, 0.6) is 0 Å². The third kappa shape index (κ3) is 2.52. The first-order valence-corrected chi connectivity index (χ1v) is 10.8. The molecule has 8 heteroatoms. The number of hydrogen-bond donors (Lipinski definition) is 2. The number of rotatable bonds is 3. The van der Waals surface area contributed by atoms with Gasteiger partial charge in [-0.05, 0) is 22.3 Å². The van der Waals surface area contributed by atoms with Crippen molar-refractivity contribution in [3.63, 3.8) is 0 Å². The molecule has 2 aromatic carbocycles. The minimum atomic E-state index is -3.84. The van der Waals surface area contributed by atoms with Crippen molar-refractivity contribution in [2.24, 2.45) is 16.5 Å². The van der Waals surface area contributed by atoms with Crippen LogP contribution in [0, 0.1) is 11.3 Å². The smallest absolute Gasteiger partial charge is 0.276 e. The molecule has 2 fully saturated rings. The number of carbonyl (C=O) groups excluding carboxylic acids is 1. The van der Waals surface area contributed by atoms with Gasteiger partial charge in [-0.2, -0.15) is 12.7 Å². The molecular formula is C20H21N3O4S. The van der Waals surface area contributed by atoms with Gasteiger partial charge < -0.3 is 10.1 Å².